The molecular weight excluding hydrogens is 217 g/mol. The maximum Gasteiger partial charge on any atom is 0.123 e. The molecule has 2 aromatic rings. The number of nitrogens with one attached hydrogen (secondary N) is 1. The maximum absolute atomic E-state index is 13.1. The van der Waals surface area contributed by atoms with Gasteiger partial charge in [0.1, 0.15) is 5.82 Å². The fourth-order valence-corrected chi connectivity index (χ4v) is 1.96. The number of hydrogen-bond acceptors (Lipinski definition) is 2. The van der Waals surface area contributed by atoms with Crippen LogP contribution in [0.3, 0.4) is 0 Å². The zero-order valence-corrected chi connectivity index (χ0v) is 10.0. The van der Waals surface area contributed by atoms with Gasteiger partial charge in [-0.15, -0.1) is 0 Å². The summed E-state index contributed by atoms with van der Waals surface area (Å²) in [6.45, 7) is 0. The minimum absolute atomic E-state index is 0.143. The molecule has 0 saturated carbocycles. The van der Waals surface area contributed by atoms with E-state index in [0.29, 0.717) is 0 Å². The van der Waals surface area contributed by atoms with Gasteiger partial charge in [-0.1, -0.05) is 12.1 Å². The Labute approximate surface area is 100 Å². The van der Waals surface area contributed by atoms with Crippen LogP contribution < -0.4 is 5.32 Å². The SMILES string of the molecule is CNC(Cc1cccc(F)c1)c1cncn1C. The van der Waals surface area contributed by atoms with Crippen molar-refractivity contribution in [2.45, 2.75) is 12.5 Å². The lowest BCUT2D eigenvalue weighted by molar-refractivity contribution is 0.551. The number of hydrogen-bond donors (Lipinski definition) is 1. The van der Waals surface area contributed by atoms with E-state index in [2.05, 4.69) is 10.3 Å². The molecular formula is C13H16FN3. The second-order valence-electron chi connectivity index (χ2n) is 4.10. The average molecular weight is 233 g/mol. The number of rotatable bonds is 4. The summed E-state index contributed by atoms with van der Waals surface area (Å²) in [6.07, 6.45) is 4.35. The van der Waals surface area contributed by atoms with Gasteiger partial charge in [-0.05, 0) is 31.2 Å². The maximum atomic E-state index is 13.1. The fourth-order valence-electron chi connectivity index (χ4n) is 1.96. The van der Waals surface area contributed by atoms with Crippen molar-refractivity contribution in [1.29, 1.82) is 0 Å². The van der Waals surface area contributed by atoms with Gasteiger partial charge in [-0.3, -0.25) is 0 Å². The third-order valence-electron chi connectivity index (χ3n) is 2.89. The summed E-state index contributed by atoms with van der Waals surface area (Å²) in [5.41, 5.74) is 2.07. The molecule has 2 rings (SSSR count). The van der Waals surface area contributed by atoms with Crippen LogP contribution in [0.1, 0.15) is 17.3 Å². The molecule has 3 nitrogen and oxygen atoms in total. The Kier molecular flexibility index (Phi) is 3.54. The Hall–Kier alpha value is -1.68. The number of aryl methyl sites for hydroxylation is 1. The van der Waals surface area contributed by atoms with E-state index >= 15 is 0 Å². The van der Waals surface area contributed by atoms with Gasteiger partial charge in [0.15, 0.2) is 0 Å². The first-order valence-electron chi connectivity index (χ1n) is 5.58. The molecule has 0 saturated heterocycles. The van der Waals surface area contributed by atoms with E-state index in [1.54, 1.807) is 18.5 Å². The Balaban J connectivity index is 2.19. The summed E-state index contributed by atoms with van der Waals surface area (Å²) in [5.74, 6) is -0.192. The normalized spacial score (nSPS) is 12.6. The molecule has 0 bridgehead atoms. The Morgan fingerprint density at radius 3 is 2.88 bits per heavy atom. The minimum Gasteiger partial charge on any atom is -0.336 e. The van der Waals surface area contributed by atoms with Crippen LogP contribution in [0, 0.1) is 5.82 Å². The fraction of sp³-hybridized carbons (Fsp3) is 0.308. The molecule has 17 heavy (non-hydrogen) atoms. The van der Waals surface area contributed by atoms with E-state index in [1.165, 1.54) is 6.07 Å². The van der Waals surface area contributed by atoms with Crippen molar-refractivity contribution in [3.63, 3.8) is 0 Å². The van der Waals surface area contributed by atoms with Gasteiger partial charge < -0.3 is 9.88 Å². The van der Waals surface area contributed by atoms with Crippen LogP contribution in [-0.2, 0) is 13.5 Å². The molecule has 0 fully saturated rings. The topological polar surface area (TPSA) is 29.9 Å². The number of aromatic nitrogens is 2. The van der Waals surface area contributed by atoms with Gasteiger partial charge in [-0.2, -0.15) is 0 Å². The van der Waals surface area contributed by atoms with Crippen molar-refractivity contribution in [2.24, 2.45) is 7.05 Å². The molecule has 0 spiro atoms. The second-order valence-corrected chi connectivity index (χ2v) is 4.10. The molecule has 0 aliphatic heterocycles. The highest BCUT2D eigenvalue weighted by Crippen LogP contribution is 2.17. The van der Waals surface area contributed by atoms with Crippen LogP contribution in [0.15, 0.2) is 36.8 Å². The van der Waals surface area contributed by atoms with Crippen molar-refractivity contribution in [3.05, 3.63) is 53.9 Å². The van der Waals surface area contributed by atoms with Crippen LogP contribution in [-0.4, -0.2) is 16.6 Å². The lowest BCUT2D eigenvalue weighted by Crippen LogP contribution is -2.21. The lowest BCUT2D eigenvalue weighted by atomic mass is 10.0. The highest BCUT2D eigenvalue weighted by atomic mass is 19.1. The second kappa shape index (κ2) is 5.10. The van der Waals surface area contributed by atoms with E-state index in [9.17, 15) is 4.39 Å². The van der Waals surface area contributed by atoms with Crippen LogP contribution in [0.25, 0.3) is 0 Å². The summed E-state index contributed by atoms with van der Waals surface area (Å²) in [4.78, 5) is 4.10. The number of likely N-dealkylation sites (N-methyl/N-ethyl adjacent to an activating group) is 1. The summed E-state index contributed by atoms with van der Waals surface area (Å²) in [7, 11) is 3.86. The molecule has 1 N–H and O–H groups in total. The Bertz CT molecular complexity index is 493. The summed E-state index contributed by atoms with van der Waals surface area (Å²) in [6, 6.07) is 6.84. The monoisotopic (exact) mass is 233 g/mol. The number of benzene rings is 1. The van der Waals surface area contributed by atoms with E-state index < -0.39 is 0 Å². The molecule has 0 aliphatic rings. The first kappa shape index (κ1) is 11.8. The standard InChI is InChI=1S/C13H16FN3/c1-15-12(13-8-16-9-17(13)2)7-10-4-3-5-11(14)6-10/h3-6,8-9,12,15H,7H2,1-2H3. The molecule has 1 heterocycles. The first-order valence-corrected chi connectivity index (χ1v) is 5.58. The van der Waals surface area contributed by atoms with E-state index in [4.69, 9.17) is 0 Å². The number of nitrogens with zero attached hydrogens (tertiary/aromatic N) is 2. The zero-order valence-electron chi connectivity index (χ0n) is 10.0. The Morgan fingerprint density at radius 1 is 1.47 bits per heavy atom. The molecule has 0 amide bonds. The lowest BCUT2D eigenvalue weighted by Gasteiger charge is -2.16. The molecule has 0 radical (unpaired) electrons. The van der Waals surface area contributed by atoms with Crippen molar-refractivity contribution in [3.8, 4) is 0 Å². The first-order chi connectivity index (χ1) is 8.20. The van der Waals surface area contributed by atoms with Crippen LogP contribution in [0.4, 0.5) is 4.39 Å². The van der Waals surface area contributed by atoms with E-state index in [0.717, 1.165) is 17.7 Å². The molecule has 4 heteroatoms. The molecule has 1 aromatic heterocycles. The predicted octanol–water partition coefficient (Wildman–Crippen LogP) is 2.06. The van der Waals surface area contributed by atoms with Gasteiger partial charge in [0.25, 0.3) is 0 Å². The highest BCUT2D eigenvalue weighted by molar-refractivity contribution is 5.19. The summed E-state index contributed by atoms with van der Waals surface area (Å²) < 4.78 is 15.1. The number of imidazole rings is 1. The average Bonchev–Trinajstić information content (AvgIpc) is 2.72. The molecule has 0 aliphatic carbocycles. The van der Waals surface area contributed by atoms with Crippen molar-refractivity contribution >= 4 is 0 Å². The van der Waals surface area contributed by atoms with Gasteiger partial charge in [0.05, 0.1) is 18.1 Å². The summed E-state index contributed by atoms with van der Waals surface area (Å²) in [5, 5.41) is 3.23. The van der Waals surface area contributed by atoms with Gasteiger partial charge in [0.2, 0.25) is 0 Å². The smallest absolute Gasteiger partial charge is 0.123 e. The molecule has 1 atom stereocenters. The third kappa shape index (κ3) is 2.71. The zero-order chi connectivity index (χ0) is 12.3. The molecule has 1 unspecified atom stereocenters. The molecule has 1 aromatic carbocycles. The minimum atomic E-state index is -0.192. The van der Waals surface area contributed by atoms with Crippen molar-refractivity contribution < 1.29 is 4.39 Å². The third-order valence-corrected chi connectivity index (χ3v) is 2.89. The number of halogens is 1. The summed E-state index contributed by atoms with van der Waals surface area (Å²) >= 11 is 0. The van der Waals surface area contributed by atoms with Crippen LogP contribution >= 0.6 is 0 Å². The van der Waals surface area contributed by atoms with Gasteiger partial charge >= 0.3 is 0 Å². The largest absolute Gasteiger partial charge is 0.336 e. The van der Waals surface area contributed by atoms with Crippen LogP contribution in [0.2, 0.25) is 0 Å². The van der Waals surface area contributed by atoms with Gasteiger partial charge in [-0.25, -0.2) is 9.37 Å². The Morgan fingerprint density at radius 2 is 2.29 bits per heavy atom. The van der Waals surface area contributed by atoms with Crippen molar-refractivity contribution in [1.82, 2.24) is 14.9 Å². The van der Waals surface area contributed by atoms with E-state index in [1.807, 2.05) is 30.9 Å². The highest BCUT2D eigenvalue weighted by Gasteiger charge is 2.13. The quantitative estimate of drug-likeness (QED) is 0.876. The van der Waals surface area contributed by atoms with Gasteiger partial charge in [0, 0.05) is 13.2 Å². The van der Waals surface area contributed by atoms with Crippen molar-refractivity contribution in [2.75, 3.05) is 7.05 Å². The molecule has 90 valence electrons. The predicted molar refractivity (Wildman–Crippen MR) is 65.1 cm³/mol. The van der Waals surface area contributed by atoms with E-state index in [-0.39, 0.29) is 11.9 Å². The van der Waals surface area contributed by atoms with Crippen LogP contribution in [0.5, 0.6) is 0 Å².